The van der Waals surface area contributed by atoms with Crippen molar-refractivity contribution in [3.05, 3.63) is 23.5 Å². The molecular formula is C11H20O. The van der Waals surface area contributed by atoms with Gasteiger partial charge in [-0.15, -0.1) is 0 Å². The van der Waals surface area contributed by atoms with Gasteiger partial charge in [0.15, 0.2) is 0 Å². The van der Waals surface area contributed by atoms with E-state index in [1.54, 1.807) is 0 Å². The predicted octanol–water partition coefficient (Wildman–Crippen LogP) is 3.67. The summed E-state index contributed by atoms with van der Waals surface area (Å²) in [4.78, 5) is 0. The second-order valence-electron chi connectivity index (χ2n) is 2.58. The molecule has 0 N–H and O–H groups in total. The maximum atomic E-state index is 5.35. The van der Waals surface area contributed by atoms with Crippen LogP contribution >= 0.6 is 0 Å². The van der Waals surface area contributed by atoms with Crippen molar-refractivity contribution in [3.8, 4) is 0 Å². The molecule has 0 aliphatic heterocycles. The molecule has 1 heteroatoms. The average molecular weight is 168 g/mol. The molecule has 1 nitrogen and oxygen atoms in total. The van der Waals surface area contributed by atoms with E-state index in [2.05, 4.69) is 19.1 Å². The molecule has 70 valence electrons. The first-order valence-corrected chi connectivity index (χ1v) is 4.82. The third-order valence-electron chi connectivity index (χ3n) is 1.65. The van der Waals surface area contributed by atoms with Crippen LogP contribution in [0.1, 0.15) is 40.5 Å². The van der Waals surface area contributed by atoms with E-state index < -0.39 is 0 Å². The molecule has 0 saturated heterocycles. The predicted molar refractivity (Wildman–Crippen MR) is 54.0 cm³/mol. The zero-order chi connectivity index (χ0) is 9.40. The quantitative estimate of drug-likeness (QED) is 0.611. The number of rotatable bonds is 2. The van der Waals surface area contributed by atoms with Crippen LogP contribution in [0.2, 0.25) is 0 Å². The van der Waals surface area contributed by atoms with Gasteiger partial charge in [0.25, 0.3) is 0 Å². The highest BCUT2D eigenvalue weighted by Gasteiger charge is 2.01. The van der Waals surface area contributed by atoms with Crippen molar-refractivity contribution in [1.82, 2.24) is 0 Å². The SMILES string of the molecule is CC.CCOC1=CC=C(C)CC1. The lowest BCUT2D eigenvalue weighted by Crippen LogP contribution is -1.95. The number of allylic oxidation sites excluding steroid dienone is 4. The molecule has 0 saturated carbocycles. The van der Waals surface area contributed by atoms with Crippen LogP contribution < -0.4 is 0 Å². The summed E-state index contributed by atoms with van der Waals surface area (Å²) in [6.45, 7) is 8.96. The van der Waals surface area contributed by atoms with Crippen molar-refractivity contribution >= 4 is 0 Å². The molecule has 0 heterocycles. The van der Waals surface area contributed by atoms with Crippen LogP contribution in [0.4, 0.5) is 0 Å². The molecule has 1 rings (SSSR count). The second kappa shape index (κ2) is 6.96. The van der Waals surface area contributed by atoms with Gasteiger partial charge in [-0.2, -0.15) is 0 Å². The summed E-state index contributed by atoms with van der Waals surface area (Å²) in [5, 5.41) is 0. The second-order valence-corrected chi connectivity index (χ2v) is 2.58. The van der Waals surface area contributed by atoms with E-state index in [-0.39, 0.29) is 0 Å². The molecule has 1 aliphatic rings. The van der Waals surface area contributed by atoms with Crippen molar-refractivity contribution in [3.63, 3.8) is 0 Å². The Balaban J connectivity index is 0.000000561. The van der Waals surface area contributed by atoms with Crippen molar-refractivity contribution in [2.24, 2.45) is 0 Å². The Morgan fingerprint density at radius 1 is 1.25 bits per heavy atom. The molecule has 0 radical (unpaired) electrons. The number of hydrogen-bond donors (Lipinski definition) is 0. The Labute approximate surface area is 76.1 Å². The van der Waals surface area contributed by atoms with Gasteiger partial charge >= 0.3 is 0 Å². The summed E-state index contributed by atoms with van der Waals surface area (Å²) < 4.78 is 5.35. The number of ether oxygens (including phenoxy) is 1. The zero-order valence-corrected chi connectivity index (χ0v) is 8.68. The summed E-state index contributed by atoms with van der Waals surface area (Å²) in [6, 6.07) is 0. The van der Waals surface area contributed by atoms with Gasteiger partial charge in [-0.05, 0) is 26.3 Å². The van der Waals surface area contributed by atoms with E-state index in [9.17, 15) is 0 Å². The molecule has 12 heavy (non-hydrogen) atoms. The molecule has 0 aromatic carbocycles. The lowest BCUT2D eigenvalue weighted by Gasteiger charge is -2.11. The van der Waals surface area contributed by atoms with Crippen molar-refractivity contribution < 1.29 is 4.74 Å². The first-order valence-electron chi connectivity index (χ1n) is 4.82. The van der Waals surface area contributed by atoms with Crippen molar-refractivity contribution in [2.75, 3.05) is 6.61 Å². The van der Waals surface area contributed by atoms with E-state index >= 15 is 0 Å². The Kier molecular flexibility index (Phi) is 6.54. The van der Waals surface area contributed by atoms with Crippen LogP contribution in [-0.4, -0.2) is 6.61 Å². The third-order valence-corrected chi connectivity index (χ3v) is 1.65. The van der Waals surface area contributed by atoms with Gasteiger partial charge in [-0.1, -0.05) is 25.5 Å². The van der Waals surface area contributed by atoms with Gasteiger partial charge in [0.2, 0.25) is 0 Å². The smallest absolute Gasteiger partial charge is 0.0962 e. The Bertz CT molecular complexity index is 162. The minimum absolute atomic E-state index is 0.790. The zero-order valence-electron chi connectivity index (χ0n) is 8.68. The molecule has 0 fully saturated rings. The maximum absolute atomic E-state index is 5.35. The largest absolute Gasteiger partial charge is 0.498 e. The molecule has 0 amide bonds. The standard InChI is InChI=1S/C9H14O.C2H6/c1-3-10-9-6-4-8(2)5-7-9;1-2/h4,6H,3,5,7H2,1-2H3;1-2H3. The molecule has 0 aromatic heterocycles. The summed E-state index contributed by atoms with van der Waals surface area (Å²) in [7, 11) is 0. The van der Waals surface area contributed by atoms with E-state index in [0.717, 1.165) is 25.2 Å². The van der Waals surface area contributed by atoms with Gasteiger partial charge in [-0.3, -0.25) is 0 Å². The highest BCUT2D eigenvalue weighted by atomic mass is 16.5. The van der Waals surface area contributed by atoms with Gasteiger partial charge in [0.05, 0.1) is 12.4 Å². The highest BCUT2D eigenvalue weighted by molar-refractivity contribution is 5.19. The lowest BCUT2D eigenvalue weighted by molar-refractivity contribution is 0.217. The molecule has 0 bridgehead atoms. The minimum Gasteiger partial charge on any atom is -0.498 e. The fraction of sp³-hybridized carbons (Fsp3) is 0.636. The van der Waals surface area contributed by atoms with Crippen LogP contribution in [0.25, 0.3) is 0 Å². The van der Waals surface area contributed by atoms with Crippen LogP contribution in [0, 0.1) is 0 Å². The molecule has 0 spiro atoms. The Morgan fingerprint density at radius 2 is 1.92 bits per heavy atom. The van der Waals surface area contributed by atoms with Crippen LogP contribution in [-0.2, 0) is 4.74 Å². The van der Waals surface area contributed by atoms with E-state index in [0.29, 0.717) is 0 Å². The van der Waals surface area contributed by atoms with Crippen LogP contribution in [0.5, 0.6) is 0 Å². The minimum atomic E-state index is 0.790. The van der Waals surface area contributed by atoms with Crippen LogP contribution in [0.15, 0.2) is 23.5 Å². The molecular weight excluding hydrogens is 148 g/mol. The fourth-order valence-electron chi connectivity index (χ4n) is 1.03. The van der Waals surface area contributed by atoms with Gasteiger partial charge in [0, 0.05) is 6.42 Å². The molecule has 0 aromatic rings. The van der Waals surface area contributed by atoms with E-state index in [4.69, 9.17) is 4.74 Å². The lowest BCUT2D eigenvalue weighted by atomic mass is 10.1. The first-order chi connectivity index (χ1) is 5.83. The van der Waals surface area contributed by atoms with E-state index in [1.807, 2.05) is 20.8 Å². The molecule has 1 aliphatic carbocycles. The summed E-state index contributed by atoms with van der Waals surface area (Å²) >= 11 is 0. The van der Waals surface area contributed by atoms with Gasteiger partial charge in [-0.25, -0.2) is 0 Å². The van der Waals surface area contributed by atoms with Gasteiger partial charge < -0.3 is 4.74 Å². The monoisotopic (exact) mass is 168 g/mol. The fourth-order valence-corrected chi connectivity index (χ4v) is 1.03. The maximum Gasteiger partial charge on any atom is 0.0962 e. The first kappa shape index (κ1) is 11.3. The van der Waals surface area contributed by atoms with Crippen molar-refractivity contribution in [1.29, 1.82) is 0 Å². The Hall–Kier alpha value is -0.720. The van der Waals surface area contributed by atoms with Crippen LogP contribution in [0.3, 0.4) is 0 Å². The summed E-state index contributed by atoms with van der Waals surface area (Å²) in [5.41, 5.74) is 1.45. The molecule has 0 atom stereocenters. The Morgan fingerprint density at radius 3 is 2.33 bits per heavy atom. The third kappa shape index (κ3) is 4.22. The summed E-state index contributed by atoms with van der Waals surface area (Å²) in [6.07, 6.45) is 6.44. The van der Waals surface area contributed by atoms with Crippen molar-refractivity contribution in [2.45, 2.75) is 40.5 Å². The average Bonchev–Trinajstić information content (AvgIpc) is 2.13. The topological polar surface area (TPSA) is 9.23 Å². The highest BCUT2D eigenvalue weighted by Crippen LogP contribution is 2.17. The number of hydrogen-bond acceptors (Lipinski definition) is 1. The van der Waals surface area contributed by atoms with E-state index in [1.165, 1.54) is 5.57 Å². The normalized spacial score (nSPS) is 15.3. The van der Waals surface area contributed by atoms with Gasteiger partial charge in [0.1, 0.15) is 0 Å². The molecule has 0 unspecified atom stereocenters. The summed E-state index contributed by atoms with van der Waals surface area (Å²) in [5.74, 6) is 1.13.